The van der Waals surface area contributed by atoms with Gasteiger partial charge < -0.3 is 5.32 Å². The molecule has 132 valence electrons. The molecule has 1 amide bonds. The lowest BCUT2D eigenvalue weighted by Gasteiger charge is -2.09. The number of hydrogen-bond donors (Lipinski definition) is 1. The van der Waals surface area contributed by atoms with Crippen molar-refractivity contribution in [2.45, 2.75) is 23.8 Å². The first-order chi connectivity index (χ1) is 12.6. The van der Waals surface area contributed by atoms with Crippen LogP contribution in [0.5, 0.6) is 0 Å². The zero-order chi connectivity index (χ0) is 18.1. The van der Waals surface area contributed by atoms with Crippen molar-refractivity contribution in [2.75, 3.05) is 11.1 Å². The van der Waals surface area contributed by atoms with Crippen LogP contribution in [0.1, 0.15) is 24.6 Å². The van der Waals surface area contributed by atoms with Gasteiger partial charge in [0.05, 0.1) is 22.0 Å². The Labute approximate surface area is 168 Å². The van der Waals surface area contributed by atoms with Gasteiger partial charge in [-0.2, -0.15) is 0 Å². The Hall–Kier alpha value is -1.63. The van der Waals surface area contributed by atoms with Crippen LogP contribution in [0.25, 0.3) is 10.9 Å². The van der Waals surface area contributed by atoms with Crippen LogP contribution in [-0.4, -0.2) is 21.6 Å². The highest BCUT2D eigenvalue weighted by Crippen LogP contribution is 2.39. The fourth-order valence-electron chi connectivity index (χ4n) is 2.61. The summed E-state index contributed by atoms with van der Waals surface area (Å²) in [6.45, 7) is 0. The first-order valence-electron chi connectivity index (χ1n) is 8.24. The Morgan fingerprint density at radius 2 is 2.04 bits per heavy atom. The van der Waals surface area contributed by atoms with Crippen molar-refractivity contribution in [3.63, 3.8) is 0 Å². The summed E-state index contributed by atoms with van der Waals surface area (Å²) in [5.41, 5.74) is 1.54. The van der Waals surface area contributed by atoms with Gasteiger partial charge in [0.1, 0.15) is 10.9 Å². The van der Waals surface area contributed by atoms with E-state index in [1.165, 1.54) is 11.8 Å². The summed E-state index contributed by atoms with van der Waals surface area (Å²) in [5.74, 6) is 1.50. The number of rotatable bonds is 5. The van der Waals surface area contributed by atoms with Crippen molar-refractivity contribution in [2.24, 2.45) is 0 Å². The lowest BCUT2D eigenvalue weighted by Crippen LogP contribution is -2.14. The molecule has 1 saturated carbocycles. The maximum absolute atomic E-state index is 12.3. The molecule has 0 radical (unpaired) electrons. The average Bonchev–Trinajstić information content (AvgIpc) is 3.47. The average molecular weight is 449 g/mol. The minimum absolute atomic E-state index is 0.116. The summed E-state index contributed by atoms with van der Waals surface area (Å²) in [6, 6.07) is 13.3. The summed E-state index contributed by atoms with van der Waals surface area (Å²) < 4.78 is 0.870. The number of para-hydroxylation sites is 1. The standard InChI is InChI=1S/C19H15BrClN3OS/c20-12-7-8-16(14(21)9-12)22-17(25)10-26-19-13-3-1-2-4-15(13)23-18(24-19)11-5-6-11/h1-4,7-9,11H,5-6,10H2,(H,22,25). The van der Waals surface area contributed by atoms with Gasteiger partial charge in [0.15, 0.2) is 0 Å². The molecular weight excluding hydrogens is 434 g/mol. The first-order valence-corrected chi connectivity index (χ1v) is 10.4. The van der Waals surface area contributed by atoms with E-state index < -0.39 is 0 Å². The lowest BCUT2D eigenvalue weighted by atomic mass is 10.2. The second-order valence-corrected chi connectivity index (χ2v) is 8.43. The van der Waals surface area contributed by atoms with E-state index in [0.29, 0.717) is 16.6 Å². The molecule has 0 saturated heterocycles. The zero-order valence-corrected chi connectivity index (χ0v) is 16.9. The van der Waals surface area contributed by atoms with E-state index in [0.717, 1.165) is 39.1 Å². The van der Waals surface area contributed by atoms with Crippen LogP contribution < -0.4 is 5.32 Å². The number of hydrogen-bond acceptors (Lipinski definition) is 4. The van der Waals surface area contributed by atoms with E-state index in [9.17, 15) is 4.79 Å². The van der Waals surface area contributed by atoms with Crippen LogP contribution in [-0.2, 0) is 4.79 Å². The van der Waals surface area contributed by atoms with Gasteiger partial charge in [-0.1, -0.05) is 57.5 Å². The highest BCUT2D eigenvalue weighted by molar-refractivity contribution is 9.10. The van der Waals surface area contributed by atoms with Gasteiger partial charge in [-0.15, -0.1) is 0 Å². The Morgan fingerprint density at radius 3 is 2.81 bits per heavy atom. The number of carbonyl (C=O) groups excluding carboxylic acids is 1. The summed E-state index contributed by atoms with van der Waals surface area (Å²) in [5, 5.41) is 5.19. The minimum Gasteiger partial charge on any atom is -0.324 e. The van der Waals surface area contributed by atoms with Crippen molar-refractivity contribution in [3.8, 4) is 0 Å². The number of amides is 1. The van der Waals surface area contributed by atoms with Crippen molar-refractivity contribution in [1.82, 2.24) is 9.97 Å². The Kier molecular flexibility index (Phi) is 5.16. The SMILES string of the molecule is O=C(CSc1nc(C2CC2)nc2ccccc12)Nc1ccc(Br)cc1Cl. The molecular formula is C19H15BrClN3OS. The Bertz CT molecular complexity index is 994. The van der Waals surface area contributed by atoms with Gasteiger partial charge in [-0.05, 0) is 37.1 Å². The number of anilines is 1. The monoisotopic (exact) mass is 447 g/mol. The van der Waals surface area contributed by atoms with Crippen LogP contribution in [0.15, 0.2) is 52.0 Å². The van der Waals surface area contributed by atoms with Gasteiger partial charge in [0.25, 0.3) is 0 Å². The fraction of sp³-hybridized carbons (Fsp3) is 0.211. The third kappa shape index (κ3) is 4.03. The van der Waals surface area contributed by atoms with E-state index in [-0.39, 0.29) is 11.7 Å². The molecule has 4 nitrogen and oxygen atoms in total. The summed E-state index contributed by atoms with van der Waals surface area (Å²) in [6.07, 6.45) is 2.29. The first kappa shape index (κ1) is 17.8. The van der Waals surface area contributed by atoms with E-state index in [2.05, 4.69) is 26.2 Å². The van der Waals surface area contributed by atoms with Gasteiger partial charge >= 0.3 is 0 Å². The third-order valence-electron chi connectivity index (χ3n) is 4.07. The molecule has 1 aromatic heterocycles. The second kappa shape index (κ2) is 7.55. The lowest BCUT2D eigenvalue weighted by molar-refractivity contribution is -0.113. The van der Waals surface area contributed by atoms with Crippen LogP contribution in [0.3, 0.4) is 0 Å². The van der Waals surface area contributed by atoms with E-state index in [1.54, 1.807) is 12.1 Å². The fourth-order valence-corrected chi connectivity index (χ4v) is 4.16. The smallest absolute Gasteiger partial charge is 0.234 e. The maximum Gasteiger partial charge on any atom is 0.234 e. The molecule has 0 spiro atoms. The quantitative estimate of drug-likeness (QED) is 0.404. The largest absolute Gasteiger partial charge is 0.324 e. The summed E-state index contributed by atoms with van der Waals surface area (Å²) in [7, 11) is 0. The number of carbonyl (C=O) groups is 1. The molecule has 0 aliphatic heterocycles. The number of benzene rings is 2. The molecule has 4 rings (SSSR count). The molecule has 1 heterocycles. The van der Waals surface area contributed by atoms with Gasteiger partial charge in [-0.25, -0.2) is 9.97 Å². The van der Waals surface area contributed by atoms with Gasteiger partial charge in [-0.3, -0.25) is 4.79 Å². The molecule has 0 atom stereocenters. The van der Waals surface area contributed by atoms with Crippen molar-refractivity contribution in [3.05, 3.63) is 57.8 Å². The van der Waals surface area contributed by atoms with Crippen LogP contribution in [0, 0.1) is 0 Å². The molecule has 1 N–H and O–H groups in total. The van der Waals surface area contributed by atoms with Crippen molar-refractivity contribution < 1.29 is 4.79 Å². The molecule has 3 aromatic rings. The predicted molar refractivity (Wildman–Crippen MR) is 110 cm³/mol. The van der Waals surface area contributed by atoms with Crippen LogP contribution in [0.2, 0.25) is 5.02 Å². The van der Waals surface area contributed by atoms with Gasteiger partial charge in [0, 0.05) is 15.8 Å². The molecule has 0 unspecified atom stereocenters. The highest BCUT2D eigenvalue weighted by Gasteiger charge is 2.27. The molecule has 1 fully saturated rings. The molecule has 2 aromatic carbocycles. The minimum atomic E-state index is -0.116. The Balaban J connectivity index is 1.51. The zero-order valence-electron chi connectivity index (χ0n) is 13.7. The van der Waals surface area contributed by atoms with Crippen LogP contribution in [0.4, 0.5) is 5.69 Å². The molecule has 1 aliphatic rings. The topological polar surface area (TPSA) is 54.9 Å². The molecule has 7 heteroatoms. The predicted octanol–water partition coefficient (Wildman–Crippen LogP) is 5.65. The van der Waals surface area contributed by atoms with E-state index >= 15 is 0 Å². The maximum atomic E-state index is 12.3. The van der Waals surface area contributed by atoms with Crippen LogP contribution >= 0.6 is 39.3 Å². The second-order valence-electron chi connectivity index (χ2n) is 6.14. The van der Waals surface area contributed by atoms with Crippen molar-refractivity contribution >= 4 is 61.8 Å². The van der Waals surface area contributed by atoms with E-state index in [1.807, 2.05) is 30.3 Å². The number of nitrogens with one attached hydrogen (secondary N) is 1. The van der Waals surface area contributed by atoms with E-state index in [4.69, 9.17) is 16.6 Å². The molecule has 1 aliphatic carbocycles. The summed E-state index contributed by atoms with van der Waals surface area (Å²) in [4.78, 5) is 21.7. The molecule has 0 bridgehead atoms. The molecule has 26 heavy (non-hydrogen) atoms. The number of thioether (sulfide) groups is 1. The Morgan fingerprint density at radius 1 is 1.23 bits per heavy atom. The number of fused-ring (bicyclic) bond motifs is 1. The third-order valence-corrected chi connectivity index (χ3v) is 5.87. The van der Waals surface area contributed by atoms with Crippen molar-refractivity contribution in [1.29, 1.82) is 0 Å². The number of nitrogens with zero attached hydrogens (tertiary/aromatic N) is 2. The summed E-state index contributed by atoms with van der Waals surface area (Å²) >= 11 is 10.9. The normalized spacial score (nSPS) is 13.8. The number of halogens is 2. The van der Waals surface area contributed by atoms with Gasteiger partial charge in [0.2, 0.25) is 5.91 Å². The highest BCUT2D eigenvalue weighted by atomic mass is 79.9. The number of aromatic nitrogens is 2.